The maximum atomic E-state index is 12.4. The van der Waals surface area contributed by atoms with Crippen LogP contribution in [0.2, 0.25) is 0 Å². The summed E-state index contributed by atoms with van der Waals surface area (Å²) in [4.78, 5) is 0. The van der Waals surface area contributed by atoms with Crippen molar-refractivity contribution in [1.29, 1.82) is 0 Å². The maximum absolute atomic E-state index is 12.4. The molecule has 1 aromatic rings. The molecular weight excluding hydrogens is 280 g/mol. The van der Waals surface area contributed by atoms with Gasteiger partial charge in [-0.25, -0.2) is 13.1 Å². The SMILES string of the molecule is CCOCC(NS(=O)(=O)c1n[nH]c(C)c1CN)C(C)C. The number of sulfonamides is 1. The second kappa shape index (κ2) is 7.16. The minimum Gasteiger partial charge on any atom is -0.380 e. The molecule has 7 nitrogen and oxygen atoms in total. The van der Waals surface area contributed by atoms with E-state index in [1.54, 1.807) is 6.92 Å². The molecule has 4 N–H and O–H groups in total. The Hall–Kier alpha value is -0.960. The minimum atomic E-state index is -3.71. The second-order valence-electron chi connectivity index (χ2n) is 4.97. The van der Waals surface area contributed by atoms with E-state index < -0.39 is 10.0 Å². The number of aromatic nitrogens is 2. The largest absolute Gasteiger partial charge is 0.380 e. The molecule has 0 bridgehead atoms. The van der Waals surface area contributed by atoms with Gasteiger partial charge in [0.05, 0.1) is 6.61 Å². The van der Waals surface area contributed by atoms with Gasteiger partial charge in [-0.2, -0.15) is 5.10 Å². The number of hydrogen-bond donors (Lipinski definition) is 3. The molecule has 0 aromatic carbocycles. The van der Waals surface area contributed by atoms with Gasteiger partial charge in [0, 0.05) is 30.5 Å². The average Bonchev–Trinajstić information content (AvgIpc) is 2.76. The van der Waals surface area contributed by atoms with Crippen molar-refractivity contribution in [3.63, 3.8) is 0 Å². The Kier molecular flexibility index (Phi) is 6.12. The highest BCUT2D eigenvalue weighted by Crippen LogP contribution is 2.17. The second-order valence-corrected chi connectivity index (χ2v) is 6.60. The summed E-state index contributed by atoms with van der Waals surface area (Å²) in [6.07, 6.45) is 0. The quantitative estimate of drug-likeness (QED) is 0.648. The lowest BCUT2D eigenvalue weighted by Crippen LogP contribution is -2.42. The zero-order valence-corrected chi connectivity index (χ0v) is 13.3. The summed E-state index contributed by atoms with van der Waals surface area (Å²) in [5, 5.41) is 6.49. The smallest absolute Gasteiger partial charge is 0.260 e. The summed E-state index contributed by atoms with van der Waals surface area (Å²) in [6, 6.07) is -0.303. The summed E-state index contributed by atoms with van der Waals surface area (Å²) in [6.45, 7) is 8.48. The first-order valence-electron chi connectivity index (χ1n) is 6.67. The Morgan fingerprint density at radius 3 is 2.60 bits per heavy atom. The van der Waals surface area contributed by atoms with Crippen LogP contribution in [0.1, 0.15) is 32.0 Å². The van der Waals surface area contributed by atoms with E-state index >= 15 is 0 Å². The van der Waals surface area contributed by atoms with Crippen LogP contribution in [0.15, 0.2) is 5.03 Å². The molecule has 20 heavy (non-hydrogen) atoms. The predicted molar refractivity (Wildman–Crippen MR) is 76.7 cm³/mol. The molecule has 1 unspecified atom stereocenters. The van der Waals surface area contributed by atoms with E-state index in [0.717, 1.165) is 0 Å². The Balaban J connectivity index is 2.97. The topological polar surface area (TPSA) is 110 Å². The van der Waals surface area contributed by atoms with Crippen LogP contribution in [0, 0.1) is 12.8 Å². The van der Waals surface area contributed by atoms with Gasteiger partial charge in [-0.05, 0) is 19.8 Å². The number of nitrogens with zero attached hydrogens (tertiary/aromatic N) is 1. The van der Waals surface area contributed by atoms with Crippen LogP contribution >= 0.6 is 0 Å². The zero-order chi connectivity index (χ0) is 15.3. The van der Waals surface area contributed by atoms with E-state index in [1.807, 2.05) is 20.8 Å². The number of hydrogen-bond acceptors (Lipinski definition) is 5. The lowest BCUT2D eigenvalue weighted by Gasteiger charge is -2.21. The molecule has 0 radical (unpaired) electrons. The zero-order valence-electron chi connectivity index (χ0n) is 12.4. The van der Waals surface area contributed by atoms with Crippen LogP contribution < -0.4 is 10.5 Å². The fourth-order valence-corrected chi connectivity index (χ4v) is 3.33. The molecule has 0 saturated carbocycles. The number of nitrogens with two attached hydrogens (primary N) is 1. The van der Waals surface area contributed by atoms with Crippen LogP contribution in [0.25, 0.3) is 0 Å². The van der Waals surface area contributed by atoms with Crippen molar-refractivity contribution in [1.82, 2.24) is 14.9 Å². The monoisotopic (exact) mass is 304 g/mol. The van der Waals surface area contributed by atoms with Crippen LogP contribution in [0.3, 0.4) is 0 Å². The third kappa shape index (κ3) is 4.02. The molecule has 0 amide bonds. The molecule has 116 valence electrons. The highest BCUT2D eigenvalue weighted by atomic mass is 32.2. The molecule has 1 aromatic heterocycles. The van der Waals surface area contributed by atoms with Gasteiger partial charge in [-0.3, -0.25) is 5.10 Å². The van der Waals surface area contributed by atoms with Gasteiger partial charge < -0.3 is 10.5 Å². The van der Waals surface area contributed by atoms with Crippen molar-refractivity contribution in [3.05, 3.63) is 11.3 Å². The normalized spacial score (nSPS) is 13.9. The van der Waals surface area contributed by atoms with E-state index in [2.05, 4.69) is 14.9 Å². The van der Waals surface area contributed by atoms with E-state index in [1.165, 1.54) is 0 Å². The molecule has 0 fully saturated rings. The van der Waals surface area contributed by atoms with Gasteiger partial charge >= 0.3 is 0 Å². The molecule has 1 atom stereocenters. The fourth-order valence-electron chi connectivity index (χ4n) is 1.76. The highest BCUT2D eigenvalue weighted by Gasteiger charge is 2.27. The number of rotatable bonds is 8. The van der Waals surface area contributed by atoms with Crippen LogP contribution in [0.5, 0.6) is 0 Å². The predicted octanol–water partition coefficient (Wildman–Crippen LogP) is 0.516. The van der Waals surface area contributed by atoms with Gasteiger partial charge in [0.25, 0.3) is 10.0 Å². The number of H-pyrrole nitrogens is 1. The first-order valence-corrected chi connectivity index (χ1v) is 8.15. The summed E-state index contributed by atoms with van der Waals surface area (Å²) in [7, 11) is -3.71. The van der Waals surface area contributed by atoms with Crippen LogP contribution in [-0.2, 0) is 21.3 Å². The van der Waals surface area contributed by atoms with Crippen LogP contribution in [0.4, 0.5) is 0 Å². The van der Waals surface area contributed by atoms with Gasteiger partial charge in [-0.15, -0.1) is 0 Å². The molecular formula is C12H24N4O3S. The third-order valence-corrected chi connectivity index (χ3v) is 4.57. The molecule has 1 heterocycles. The standard InChI is InChI=1S/C12H24N4O3S/c1-5-19-7-11(8(2)3)16-20(17,18)12-10(6-13)9(4)14-15-12/h8,11,16H,5-7,13H2,1-4H3,(H,14,15). The highest BCUT2D eigenvalue weighted by molar-refractivity contribution is 7.89. The minimum absolute atomic E-state index is 0.0281. The molecule has 8 heteroatoms. The molecule has 0 aliphatic rings. The Morgan fingerprint density at radius 1 is 1.45 bits per heavy atom. The number of ether oxygens (including phenoxy) is 1. The van der Waals surface area contributed by atoms with Crippen LogP contribution in [-0.4, -0.2) is 37.9 Å². The van der Waals surface area contributed by atoms with Crippen molar-refractivity contribution >= 4 is 10.0 Å². The van der Waals surface area contributed by atoms with Crippen molar-refractivity contribution in [2.75, 3.05) is 13.2 Å². The lowest BCUT2D eigenvalue weighted by molar-refractivity contribution is 0.116. The first-order chi connectivity index (χ1) is 9.33. The Bertz CT molecular complexity index is 525. The van der Waals surface area contributed by atoms with E-state index in [0.29, 0.717) is 24.5 Å². The van der Waals surface area contributed by atoms with Crippen molar-refractivity contribution in [2.45, 2.75) is 45.3 Å². The number of aryl methyl sites for hydroxylation is 1. The molecule has 0 saturated heterocycles. The van der Waals surface area contributed by atoms with E-state index in [9.17, 15) is 8.42 Å². The number of aromatic amines is 1. The molecule has 1 rings (SSSR count). The Morgan fingerprint density at radius 2 is 2.10 bits per heavy atom. The summed E-state index contributed by atoms with van der Waals surface area (Å²) in [5.74, 6) is 0.109. The summed E-state index contributed by atoms with van der Waals surface area (Å²) >= 11 is 0. The third-order valence-electron chi connectivity index (χ3n) is 3.11. The summed E-state index contributed by atoms with van der Waals surface area (Å²) in [5.41, 5.74) is 6.76. The average molecular weight is 304 g/mol. The molecule has 0 aliphatic heterocycles. The maximum Gasteiger partial charge on any atom is 0.260 e. The Labute approximate surface area is 120 Å². The number of nitrogens with one attached hydrogen (secondary N) is 2. The van der Waals surface area contributed by atoms with Gasteiger partial charge in [-0.1, -0.05) is 13.8 Å². The first kappa shape index (κ1) is 17.1. The van der Waals surface area contributed by atoms with Crippen molar-refractivity contribution in [2.24, 2.45) is 11.7 Å². The molecule has 0 aliphatic carbocycles. The van der Waals surface area contributed by atoms with E-state index in [4.69, 9.17) is 10.5 Å². The van der Waals surface area contributed by atoms with E-state index in [-0.39, 0.29) is 23.5 Å². The van der Waals surface area contributed by atoms with Gasteiger partial charge in [0.15, 0.2) is 5.03 Å². The van der Waals surface area contributed by atoms with Gasteiger partial charge in [0.2, 0.25) is 0 Å². The summed E-state index contributed by atoms with van der Waals surface area (Å²) < 4.78 is 32.8. The van der Waals surface area contributed by atoms with Crippen molar-refractivity contribution in [3.8, 4) is 0 Å². The fraction of sp³-hybridized carbons (Fsp3) is 0.750. The van der Waals surface area contributed by atoms with Crippen molar-refractivity contribution < 1.29 is 13.2 Å². The lowest BCUT2D eigenvalue weighted by atomic mass is 10.1. The molecule has 0 spiro atoms. The van der Waals surface area contributed by atoms with Gasteiger partial charge in [0.1, 0.15) is 0 Å².